The van der Waals surface area contributed by atoms with Crippen molar-refractivity contribution in [2.45, 2.75) is 25.9 Å². The van der Waals surface area contributed by atoms with Crippen LogP contribution in [0.2, 0.25) is 0 Å². The summed E-state index contributed by atoms with van der Waals surface area (Å²) in [6.07, 6.45) is 3.15. The lowest BCUT2D eigenvalue weighted by Crippen LogP contribution is -2.38. The molecule has 0 aliphatic carbocycles. The number of hydrogen-bond acceptors (Lipinski definition) is 9. The molecule has 1 aromatic carbocycles. The number of amides is 1. The number of fused-ring (bicyclic) bond motifs is 1. The van der Waals surface area contributed by atoms with Crippen LogP contribution < -0.4 is 14.8 Å². The number of ether oxygens (including phenoxy) is 3. The summed E-state index contributed by atoms with van der Waals surface area (Å²) in [5.41, 5.74) is 2.32. The van der Waals surface area contributed by atoms with Crippen molar-refractivity contribution >= 4 is 28.8 Å². The van der Waals surface area contributed by atoms with Crippen LogP contribution in [-0.4, -0.2) is 42.8 Å². The van der Waals surface area contributed by atoms with Gasteiger partial charge in [-0.15, -0.1) is 0 Å². The molecule has 10 heteroatoms. The Bertz CT molecular complexity index is 1230. The highest BCUT2D eigenvalue weighted by Crippen LogP contribution is 2.46. The molecule has 9 nitrogen and oxygen atoms in total. The maximum atomic E-state index is 13.2. The van der Waals surface area contributed by atoms with Crippen LogP contribution in [0.1, 0.15) is 30.7 Å². The van der Waals surface area contributed by atoms with Crippen molar-refractivity contribution in [1.29, 1.82) is 0 Å². The summed E-state index contributed by atoms with van der Waals surface area (Å²) in [5, 5.41) is 5.40. The van der Waals surface area contributed by atoms with Gasteiger partial charge in [-0.1, -0.05) is 24.4 Å². The predicted octanol–water partition coefficient (Wildman–Crippen LogP) is 4.31. The fourth-order valence-corrected chi connectivity index (χ4v) is 4.94. The number of allylic oxidation sites excluding steroid dienone is 1. The molecule has 0 spiro atoms. The average Bonchev–Trinajstić information content (AvgIpc) is 3.55. The molecule has 36 heavy (non-hydrogen) atoms. The highest BCUT2D eigenvalue weighted by molar-refractivity contribution is 8.16. The summed E-state index contributed by atoms with van der Waals surface area (Å²) < 4.78 is 21.7. The first-order chi connectivity index (χ1) is 17.4. The number of nitrogens with zero attached hydrogens (tertiary/aromatic N) is 2. The van der Waals surface area contributed by atoms with E-state index in [-0.39, 0.29) is 25.5 Å². The first-order valence-electron chi connectivity index (χ1n) is 11.2. The third kappa shape index (κ3) is 5.33. The minimum Gasteiger partial charge on any atom is -0.497 e. The number of furan rings is 1. The van der Waals surface area contributed by atoms with Crippen molar-refractivity contribution in [3.05, 3.63) is 82.9 Å². The lowest BCUT2D eigenvalue weighted by Gasteiger charge is -2.36. The van der Waals surface area contributed by atoms with Gasteiger partial charge in [0.2, 0.25) is 5.91 Å². The van der Waals surface area contributed by atoms with Gasteiger partial charge in [-0.2, -0.15) is 0 Å². The summed E-state index contributed by atoms with van der Waals surface area (Å²) in [6.45, 7) is 5.74. The van der Waals surface area contributed by atoms with E-state index >= 15 is 0 Å². The van der Waals surface area contributed by atoms with E-state index in [9.17, 15) is 9.59 Å². The van der Waals surface area contributed by atoms with Crippen LogP contribution in [0.15, 0.2) is 81.0 Å². The lowest BCUT2D eigenvalue weighted by atomic mass is 9.93. The summed E-state index contributed by atoms with van der Waals surface area (Å²) in [6, 6.07) is 8.37. The molecule has 1 atom stereocenters. The number of carbonyl (C=O) groups is 2. The Kier molecular flexibility index (Phi) is 7.84. The van der Waals surface area contributed by atoms with E-state index in [4.69, 9.17) is 18.6 Å². The molecule has 2 aromatic rings. The molecule has 0 unspecified atom stereocenters. The maximum Gasteiger partial charge on any atom is 0.338 e. The molecule has 1 aromatic heterocycles. The zero-order chi connectivity index (χ0) is 25.7. The third-order valence-electron chi connectivity index (χ3n) is 5.62. The Morgan fingerprint density at radius 1 is 1.25 bits per heavy atom. The van der Waals surface area contributed by atoms with Crippen LogP contribution in [0, 0.1) is 0 Å². The van der Waals surface area contributed by atoms with Crippen molar-refractivity contribution in [3.8, 4) is 11.5 Å². The van der Waals surface area contributed by atoms with Crippen molar-refractivity contribution in [2.24, 2.45) is 4.99 Å². The molecule has 4 rings (SSSR count). The largest absolute Gasteiger partial charge is 0.497 e. The van der Waals surface area contributed by atoms with E-state index in [1.807, 2.05) is 22.4 Å². The van der Waals surface area contributed by atoms with Crippen LogP contribution in [0.4, 0.5) is 0 Å². The van der Waals surface area contributed by atoms with Gasteiger partial charge in [-0.05, 0) is 42.2 Å². The van der Waals surface area contributed by atoms with Gasteiger partial charge in [0.15, 0.2) is 5.17 Å². The van der Waals surface area contributed by atoms with E-state index in [1.165, 1.54) is 17.8 Å². The second-order valence-electron chi connectivity index (χ2n) is 7.96. The molecule has 0 saturated carbocycles. The Balaban J connectivity index is 1.69. The van der Waals surface area contributed by atoms with Gasteiger partial charge in [0.25, 0.3) is 0 Å². The fraction of sp³-hybridized carbons (Fsp3) is 0.269. The van der Waals surface area contributed by atoms with Crippen LogP contribution in [0.25, 0.3) is 0 Å². The van der Waals surface area contributed by atoms with E-state index < -0.39 is 12.0 Å². The number of thioether (sulfide) groups is 1. The Morgan fingerprint density at radius 3 is 2.64 bits per heavy atom. The first-order valence-corrected chi connectivity index (χ1v) is 12.1. The van der Waals surface area contributed by atoms with Crippen molar-refractivity contribution in [2.75, 3.05) is 20.8 Å². The summed E-state index contributed by atoms with van der Waals surface area (Å²) in [4.78, 5) is 32.6. The molecule has 1 amide bonds. The third-order valence-corrected chi connectivity index (χ3v) is 6.51. The molecule has 0 bridgehead atoms. The summed E-state index contributed by atoms with van der Waals surface area (Å²) >= 11 is 1.40. The fourth-order valence-electron chi connectivity index (χ4n) is 3.97. The second-order valence-corrected chi connectivity index (χ2v) is 8.80. The molecule has 0 saturated heterocycles. The highest BCUT2D eigenvalue weighted by Gasteiger charge is 2.41. The van der Waals surface area contributed by atoms with Crippen LogP contribution in [0.3, 0.4) is 0 Å². The summed E-state index contributed by atoms with van der Waals surface area (Å²) in [7, 11) is 3.13. The molecule has 1 N–H and O–H groups in total. The second kappa shape index (κ2) is 11.2. The zero-order valence-electron chi connectivity index (χ0n) is 20.3. The number of methoxy groups -OCH3 is 2. The van der Waals surface area contributed by atoms with E-state index in [0.717, 1.165) is 5.56 Å². The number of amidine groups is 1. The van der Waals surface area contributed by atoms with Crippen molar-refractivity contribution in [1.82, 2.24) is 10.2 Å². The SMILES string of the molecule is C=CCOC(=O)C1=C(C)N=C2SC=C(CC(=O)NCc3ccco3)N2[C@H]1c1cc(OC)cc(OC)c1. The topological polar surface area (TPSA) is 103 Å². The van der Waals surface area contributed by atoms with E-state index in [2.05, 4.69) is 16.9 Å². The van der Waals surface area contributed by atoms with Crippen LogP contribution >= 0.6 is 11.8 Å². The van der Waals surface area contributed by atoms with Crippen LogP contribution in [0.5, 0.6) is 11.5 Å². The number of aliphatic imine (C=N–C) groups is 1. The molecule has 3 heterocycles. The van der Waals surface area contributed by atoms with Crippen LogP contribution in [-0.2, 0) is 20.9 Å². The van der Waals surface area contributed by atoms with E-state index in [1.54, 1.807) is 45.6 Å². The molecule has 188 valence electrons. The standard InChI is InChI=1S/C26H27N3O6S/c1-5-8-35-25(31)23-16(2)28-26-29(24(23)17-10-20(32-3)13-21(11-17)33-4)18(15-36-26)12-22(30)27-14-19-7-6-9-34-19/h5-7,9-11,13,15,24H,1,8,12,14H2,2-4H3,(H,27,30)/t24-/m0/s1. The van der Waals surface area contributed by atoms with Gasteiger partial charge in [-0.25, -0.2) is 9.79 Å². The molecule has 0 fully saturated rings. The molecule has 2 aliphatic heterocycles. The number of hydrogen-bond donors (Lipinski definition) is 1. The number of benzene rings is 1. The smallest absolute Gasteiger partial charge is 0.338 e. The van der Waals surface area contributed by atoms with Gasteiger partial charge < -0.3 is 28.8 Å². The van der Waals surface area contributed by atoms with E-state index in [0.29, 0.717) is 39.4 Å². The van der Waals surface area contributed by atoms with Gasteiger partial charge in [-0.3, -0.25) is 4.79 Å². The number of rotatable bonds is 10. The number of carbonyl (C=O) groups excluding carboxylic acids is 2. The quantitative estimate of drug-likeness (QED) is 0.373. The van der Waals surface area contributed by atoms with Crippen molar-refractivity contribution < 1.29 is 28.2 Å². The predicted molar refractivity (Wildman–Crippen MR) is 136 cm³/mol. The molecule has 0 radical (unpaired) electrons. The summed E-state index contributed by atoms with van der Waals surface area (Å²) in [5.74, 6) is 1.09. The normalized spacial score (nSPS) is 16.6. The van der Waals surface area contributed by atoms with Gasteiger partial charge in [0, 0.05) is 11.8 Å². The maximum absolute atomic E-state index is 13.2. The number of nitrogens with one attached hydrogen (secondary N) is 1. The zero-order valence-corrected chi connectivity index (χ0v) is 21.1. The lowest BCUT2D eigenvalue weighted by molar-refractivity contribution is -0.138. The monoisotopic (exact) mass is 509 g/mol. The van der Waals surface area contributed by atoms with Gasteiger partial charge in [0.1, 0.15) is 23.9 Å². The Hall–Kier alpha value is -3.92. The Labute approximate surface area is 213 Å². The average molecular weight is 510 g/mol. The first kappa shape index (κ1) is 25.2. The van der Waals surface area contributed by atoms with Gasteiger partial charge in [0.05, 0.1) is 50.8 Å². The van der Waals surface area contributed by atoms with Crippen molar-refractivity contribution in [3.63, 3.8) is 0 Å². The Morgan fingerprint density at radius 2 is 2.00 bits per heavy atom. The minimum atomic E-state index is -0.613. The molecule has 2 aliphatic rings. The number of esters is 1. The minimum absolute atomic E-state index is 0.0625. The highest BCUT2D eigenvalue weighted by atomic mass is 32.2. The molecular weight excluding hydrogens is 482 g/mol. The van der Waals surface area contributed by atoms with Gasteiger partial charge >= 0.3 is 5.97 Å². The molecular formula is C26H27N3O6S.